The van der Waals surface area contributed by atoms with Crippen LogP contribution in [0.2, 0.25) is 0 Å². The van der Waals surface area contributed by atoms with Crippen molar-refractivity contribution in [2.45, 2.75) is 76.9 Å². The maximum atomic E-state index is 13.9. The van der Waals surface area contributed by atoms with Crippen LogP contribution in [0.4, 0.5) is 0 Å². The van der Waals surface area contributed by atoms with Gasteiger partial charge in [-0.05, 0) is 55.0 Å². The Kier molecular flexibility index (Phi) is 16.2. The molecule has 3 aromatic rings. The first kappa shape index (κ1) is 40.4. The second-order valence-electron chi connectivity index (χ2n) is 13.7. The van der Waals surface area contributed by atoms with Gasteiger partial charge in [0.1, 0.15) is 36.2 Å². The fourth-order valence-corrected chi connectivity index (χ4v) is 6.04. The molecule has 0 bridgehead atoms. The van der Waals surface area contributed by atoms with Crippen molar-refractivity contribution in [2.24, 2.45) is 5.92 Å². The molecule has 0 unspecified atom stereocenters. The van der Waals surface area contributed by atoms with Crippen LogP contribution in [0.25, 0.3) is 0 Å². The topological polar surface area (TPSA) is 155 Å². The third-order valence-electron chi connectivity index (χ3n) is 8.83. The number of ether oxygens (including phenoxy) is 2. The molecule has 4 rings (SSSR count). The van der Waals surface area contributed by atoms with E-state index in [1.54, 1.807) is 48.3 Å². The number of carbonyl (C=O) groups is 5. The number of carbonyl (C=O) groups excluding carboxylic acids is 5. The van der Waals surface area contributed by atoms with E-state index in [-0.39, 0.29) is 43.4 Å². The standard InChI is InChI=1S/C41H53N5O7/c1-29(2)26-33-40(50)45-35(27-30-16-8-6-9-17-30)41(51)46(3)23-14-4-5-15-24-53-36-21-13-12-20-32(36)38(48)44-34(28-37(47)43-33)39(49)42-22-25-52-31-18-10-7-11-19-31/h6-13,16-21,29,33-35H,4-5,14-15,22-28H2,1-3H3,(H,42,49)(H,43,47)(H,44,48)(H,45,50)/t33-,34-,35-/m0/s1. The summed E-state index contributed by atoms with van der Waals surface area (Å²) in [6.45, 7) is 5.01. The summed E-state index contributed by atoms with van der Waals surface area (Å²) in [5.41, 5.74) is 1.11. The first-order chi connectivity index (χ1) is 25.6. The van der Waals surface area contributed by atoms with Crippen molar-refractivity contribution in [1.29, 1.82) is 0 Å². The van der Waals surface area contributed by atoms with Gasteiger partial charge in [0.25, 0.3) is 5.91 Å². The number of nitrogens with one attached hydrogen (secondary N) is 4. The van der Waals surface area contributed by atoms with Crippen LogP contribution in [0.1, 0.15) is 68.3 Å². The molecule has 3 aromatic carbocycles. The minimum absolute atomic E-state index is 0.00592. The van der Waals surface area contributed by atoms with Gasteiger partial charge in [-0.1, -0.05) is 87.4 Å². The highest BCUT2D eigenvalue weighted by Gasteiger charge is 2.31. The van der Waals surface area contributed by atoms with Gasteiger partial charge in [0.05, 0.1) is 25.1 Å². The highest BCUT2D eigenvalue weighted by atomic mass is 16.5. The van der Waals surface area contributed by atoms with Gasteiger partial charge in [-0.15, -0.1) is 0 Å². The minimum Gasteiger partial charge on any atom is -0.493 e. The molecule has 0 aromatic heterocycles. The van der Waals surface area contributed by atoms with Crippen molar-refractivity contribution >= 4 is 29.5 Å². The smallest absolute Gasteiger partial charge is 0.255 e. The van der Waals surface area contributed by atoms with Gasteiger partial charge in [-0.25, -0.2) is 0 Å². The Hall–Kier alpha value is -5.39. The van der Waals surface area contributed by atoms with Gasteiger partial charge in [-0.3, -0.25) is 24.0 Å². The molecule has 53 heavy (non-hydrogen) atoms. The lowest BCUT2D eigenvalue weighted by atomic mass is 10.0. The molecule has 5 amide bonds. The van der Waals surface area contributed by atoms with E-state index in [2.05, 4.69) is 21.3 Å². The van der Waals surface area contributed by atoms with Crippen LogP contribution >= 0.6 is 0 Å². The zero-order valence-electron chi connectivity index (χ0n) is 31.0. The Balaban J connectivity index is 1.57. The summed E-state index contributed by atoms with van der Waals surface area (Å²) < 4.78 is 11.7. The van der Waals surface area contributed by atoms with Crippen LogP contribution in [-0.2, 0) is 25.6 Å². The van der Waals surface area contributed by atoms with Crippen LogP contribution in [0.15, 0.2) is 84.9 Å². The Morgan fingerprint density at radius 1 is 0.849 bits per heavy atom. The third-order valence-corrected chi connectivity index (χ3v) is 8.83. The van der Waals surface area contributed by atoms with E-state index < -0.39 is 48.2 Å². The molecule has 12 heteroatoms. The number of para-hydroxylation sites is 2. The molecule has 1 heterocycles. The minimum atomic E-state index is -1.29. The lowest BCUT2D eigenvalue weighted by molar-refractivity contribution is -0.137. The number of rotatable bonds is 9. The molecule has 1 aliphatic rings. The highest BCUT2D eigenvalue weighted by molar-refractivity contribution is 6.01. The van der Waals surface area contributed by atoms with E-state index in [9.17, 15) is 24.0 Å². The average molecular weight is 728 g/mol. The van der Waals surface area contributed by atoms with Crippen LogP contribution in [-0.4, -0.2) is 85.9 Å². The molecule has 284 valence electrons. The third kappa shape index (κ3) is 13.6. The Bertz CT molecular complexity index is 1640. The Labute approximate surface area is 312 Å². The fourth-order valence-electron chi connectivity index (χ4n) is 6.04. The molecular weight excluding hydrogens is 674 g/mol. The van der Waals surface area contributed by atoms with Crippen LogP contribution in [0, 0.1) is 5.92 Å². The first-order valence-corrected chi connectivity index (χ1v) is 18.5. The second kappa shape index (κ2) is 21.2. The summed E-state index contributed by atoms with van der Waals surface area (Å²) in [5, 5.41) is 11.2. The quantitative estimate of drug-likeness (QED) is 0.243. The number of fused-ring (bicyclic) bond motifs is 1. The first-order valence-electron chi connectivity index (χ1n) is 18.5. The van der Waals surface area contributed by atoms with Crippen molar-refractivity contribution in [3.63, 3.8) is 0 Å². The van der Waals surface area contributed by atoms with E-state index >= 15 is 0 Å². The monoisotopic (exact) mass is 727 g/mol. The van der Waals surface area contributed by atoms with Crippen LogP contribution in [0.5, 0.6) is 11.5 Å². The van der Waals surface area contributed by atoms with Gasteiger partial charge < -0.3 is 35.6 Å². The van der Waals surface area contributed by atoms with Crippen molar-refractivity contribution < 1.29 is 33.4 Å². The van der Waals surface area contributed by atoms with Gasteiger partial charge >= 0.3 is 0 Å². The number of benzene rings is 3. The molecule has 3 atom stereocenters. The molecule has 0 fully saturated rings. The van der Waals surface area contributed by atoms with Crippen molar-refractivity contribution in [3.8, 4) is 11.5 Å². The molecular formula is C41H53N5O7. The maximum absolute atomic E-state index is 13.9. The average Bonchev–Trinajstić information content (AvgIpc) is 3.15. The molecule has 0 radical (unpaired) electrons. The number of hydrogen-bond acceptors (Lipinski definition) is 7. The predicted octanol–water partition coefficient (Wildman–Crippen LogP) is 4.04. The van der Waals surface area contributed by atoms with E-state index in [0.717, 1.165) is 31.2 Å². The molecule has 0 saturated heterocycles. The van der Waals surface area contributed by atoms with Crippen LogP contribution < -0.4 is 30.7 Å². The van der Waals surface area contributed by atoms with Gasteiger partial charge in [0, 0.05) is 20.0 Å². The summed E-state index contributed by atoms with van der Waals surface area (Å²) in [6.07, 6.45) is 3.31. The maximum Gasteiger partial charge on any atom is 0.255 e. The summed E-state index contributed by atoms with van der Waals surface area (Å²) in [4.78, 5) is 70.1. The van der Waals surface area contributed by atoms with E-state index in [1.807, 2.05) is 62.4 Å². The number of hydrogen-bond donors (Lipinski definition) is 4. The zero-order valence-corrected chi connectivity index (χ0v) is 31.0. The molecule has 4 N–H and O–H groups in total. The predicted molar refractivity (Wildman–Crippen MR) is 202 cm³/mol. The lowest BCUT2D eigenvalue weighted by Gasteiger charge is -2.28. The molecule has 0 spiro atoms. The molecule has 12 nitrogen and oxygen atoms in total. The van der Waals surface area contributed by atoms with E-state index in [1.165, 1.54) is 0 Å². The summed E-state index contributed by atoms with van der Waals surface area (Å²) in [5.74, 6) is -1.52. The number of nitrogens with zero attached hydrogens (tertiary/aromatic N) is 1. The molecule has 0 saturated carbocycles. The SMILES string of the molecule is CC(C)C[C@@H]1NC(=O)C[C@@H](C(=O)NCCOc2ccccc2)NC(=O)c2ccccc2OCCCCCCN(C)C(=O)[C@H](Cc2ccccc2)NC1=O. The summed E-state index contributed by atoms with van der Waals surface area (Å²) in [6, 6.07) is 22.2. The lowest BCUT2D eigenvalue weighted by Crippen LogP contribution is -2.56. The zero-order chi connectivity index (χ0) is 38.0. The highest BCUT2D eigenvalue weighted by Crippen LogP contribution is 2.19. The van der Waals surface area contributed by atoms with Crippen LogP contribution in [0.3, 0.4) is 0 Å². The van der Waals surface area contributed by atoms with Crippen molar-refractivity contribution in [3.05, 3.63) is 96.1 Å². The number of amides is 5. The largest absolute Gasteiger partial charge is 0.493 e. The van der Waals surface area contributed by atoms with Gasteiger partial charge in [-0.2, -0.15) is 0 Å². The second-order valence-corrected chi connectivity index (χ2v) is 13.7. The molecule has 0 aliphatic carbocycles. The van der Waals surface area contributed by atoms with Crippen molar-refractivity contribution in [1.82, 2.24) is 26.2 Å². The summed E-state index contributed by atoms with van der Waals surface area (Å²) >= 11 is 0. The van der Waals surface area contributed by atoms with Gasteiger partial charge in [0.2, 0.25) is 23.6 Å². The fraction of sp³-hybridized carbons (Fsp3) is 0.439. The molecule has 1 aliphatic heterocycles. The normalized spacial score (nSPS) is 19.8. The Morgan fingerprint density at radius 3 is 2.26 bits per heavy atom. The number of likely N-dealkylation sites (N-methyl/N-ethyl adjacent to an activating group) is 1. The Morgan fingerprint density at radius 2 is 1.53 bits per heavy atom. The van der Waals surface area contributed by atoms with E-state index in [0.29, 0.717) is 24.7 Å². The van der Waals surface area contributed by atoms with Gasteiger partial charge in [0.15, 0.2) is 0 Å². The van der Waals surface area contributed by atoms with Crippen molar-refractivity contribution in [2.75, 3.05) is 33.4 Å². The summed E-state index contributed by atoms with van der Waals surface area (Å²) in [7, 11) is 1.73. The van der Waals surface area contributed by atoms with E-state index in [4.69, 9.17) is 9.47 Å².